The lowest BCUT2D eigenvalue weighted by molar-refractivity contribution is -0.116. The number of carbonyl (C=O) groups excluding carboxylic acids is 2. The fraction of sp³-hybridized carbons (Fsp3) is 0.263. The van der Waals surface area contributed by atoms with Crippen molar-refractivity contribution >= 4 is 28.9 Å². The van der Waals surface area contributed by atoms with Gasteiger partial charge >= 0.3 is 0 Å². The lowest BCUT2D eigenvalue weighted by atomic mass is 10.2. The number of rotatable bonds is 7. The van der Waals surface area contributed by atoms with Gasteiger partial charge in [-0.3, -0.25) is 9.59 Å². The van der Waals surface area contributed by atoms with Crippen LogP contribution in [0.25, 0.3) is 0 Å². The van der Waals surface area contributed by atoms with Crippen molar-refractivity contribution in [3.63, 3.8) is 0 Å². The molecule has 126 valence electrons. The molecule has 0 saturated carbocycles. The number of amides is 2. The second-order valence-corrected chi connectivity index (χ2v) is 5.65. The first-order valence-electron chi connectivity index (χ1n) is 8.07. The van der Waals surface area contributed by atoms with Crippen molar-refractivity contribution in [2.45, 2.75) is 26.7 Å². The molecule has 0 unspecified atom stereocenters. The molecule has 0 aliphatic carbocycles. The fourth-order valence-electron chi connectivity index (χ4n) is 2.18. The smallest absolute Gasteiger partial charge is 0.243 e. The lowest BCUT2D eigenvalue weighted by Crippen LogP contribution is -2.21. The van der Waals surface area contributed by atoms with Crippen LogP contribution in [-0.4, -0.2) is 18.4 Å². The molecule has 2 aromatic carbocycles. The van der Waals surface area contributed by atoms with E-state index in [1.807, 2.05) is 38.1 Å². The van der Waals surface area contributed by atoms with Crippen LogP contribution in [0.1, 0.15) is 25.3 Å². The van der Waals surface area contributed by atoms with Gasteiger partial charge in [-0.1, -0.05) is 30.7 Å². The molecular weight excluding hydrogens is 302 g/mol. The third kappa shape index (κ3) is 5.76. The topological polar surface area (TPSA) is 70.2 Å². The third-order valence-electron chi connectivity index (χ3n) is 3.41. The van der Waals surface area contributed by atoms with Gasteiger partial charge in [0.05, 0.1) is 6.54 Å². The highest BCUT2D eigenvalue weighted by Crippen LogP contribution is 2.15. The van der Waals surface area contributed by atoms with Crippen LogP contribution in [0.2, 0.25) is 0 Å². The SMILES string of the molecule is CCCC(=O)Nc1cccc(NC(=O)CNc2ccc(C)cc2)c1. The molecule has 0 aliphatic heterocycles. The number of hydrogen-bond acceptors (Lipinski definition) is 3. The van der Waals surface area contributed by atoms with E-state index in [1.54, 1.807) is 24.3 Å². The van der Waals surface area contributed by atoms with Gasteiger partial charge in [-0.2, -0.15) is 0 Å². The van der Waals surface area contributed by atoms with Gasteiger partial charge in [-0.25, -0.2) is 0 Å². The predicted octanol–water partition coefficient (Wildman–Crippen LogP) is 3.78. The molecule has 0 spiro atoms. The standard InChI is InChI=1S/C19H23N3O2/c1-3-5-18(23)21-16-6-4-7-17(12-16)22-19(24)13-20-15-10-8-14(2)9-11-15/h4,6-12,20H,3,5,13H2,1-2H3,(H,21,23)(H,22,24). The molecule has 3 N–H and O–H groups in total. The van der Waals surface area contributed by atoms with Crippen LogP contribution in [-0.2, 0) is 9.59 Å². The monoisotopic (exact) mass is 325 g/mol. The van der Waals surface area contributed by atoms with E-state index in [2.05, 4.69) is 16.0 Å². The summed E-state index contributed by atoms with van der Waals surface area (Å²) in [5.41, 5.74) is 3.40. The molecule has 0 heterocycles. The number of benzene rings is 2. The summed E-state index contributed by atoms with van der Waals surface area (Å²) in [5, 5.41) is 8.70. The Balaban J connectivity index is 1.87. The van der Waals surface area contributed by atoms with Gasteiger partial charge in [0.25, 0.3) is 0 Å². The summed E-state index contributed by atoms with van der Waals surface area (Å²) in [6, 6.07) is 15.0. The van der Waals surface area contributed by atoms with E-state index in [-0.39, 0.29) is 18.4 Å². The summed E-state index contributed by atoms with van der Waals surface area (Å²) in [4.78, 5) is 23.6. The van der Waals surface area contributed by atoms with E-state index in [0.29, 0.717) is 17.8 Å². The minimum Gasteiger partial charge on any atom is -0.376 e. The first-order chi connectivity index (χ1) is 11.6. The van der Waals surface area contributed by atoms with Crippen LogP contribution in [0, 0.1) is 6.92 Å². The van der Waals surface area contributed by atoms with Gasteiger partial charge in [-0.15, -0.1) is 0 Å². The van der Waals surface area contributed by atoms with Crippen LogP contribution in [0.15, 0.2) is 48.5 Å². The van der Waals surface area contributed by atoms with Crippen LogP contribution in [0.5, 0.6) is 0 Å². The Kier molecular flexibility index (Phi) is 6.37. The molecule has 0 aromatic heterocycles. The van der Waals surface area contributed by atoms with Crippen LogP contribution < -0.4 is 16.0 Å². The first-order valence-corrected chi connectivity index (χ1v) is 8.07. The van der Waals surface area contributed by atoms with Gasteiger partial charge < -0.3 is 16.0 Å². The Hall–Kier alpha value is -2.82. The van der Waals surface area contributed by atoms with Gasteiger partial charge in [0.1, 0.15) is 0 Å². The fourth-order valence-corrected chi connectivity index (χ4v) is 2.18. The van der Waals surface area contributed by atoms with E-state index >= 15 is 0 Å². The molecule has 0 atom stereocenters. The molecule has 0 fully saturated rings. The highest BCUT2D eigenvalue weighted by Gasteiger charge is 2.05. The molecule has 5 heteroatoms. The first kappa shape index (κ1) is 17.5. The number of anilines is 3. The zero-order valence-electron chi connectivity index (χ0n) is 14.1. The molecule has 5 nitrogen and oxygen atoms in total. The van der Waals surface area contributed by atoms with Gasteiger partial charge in [0.15, 0.2) is 0 Å². The summed E-state index contributed by atoms with van der Waals surface area (Å²) in [6.07, 6.45) is 1.28. The van der Waals surface area contributed by atoms with Gasteiger partial charge in [0, 0.05) is 23.5 Å². The highest BCUT2D eigenvalue weighted by atomic mass is 16.2. The summed E-state index contributed by atoms with van der Waals surface area (Å²) in [7, 11) is 0. The highest BCUT2D eigenvalue weighted by molar-refractivity contribution is 5.95. The molecule has 0 radical (unpaired) electrons. The number of carbonyl (C=O) groups is 2. The van der Waals surface area contributed by atoms with Crippen molar-refractivity contribution in [2.24, 2.45) is 0 Å². The van der Waals surface area contributed by atoms with Crippen molar-refractivity contribution in [1.82, 2.24) is 0 Å². The van der Waals surface area contributed by atoms with Crippen LogP contribution in [0.4, 0.5) is 17.1 Å². The van der Waals surface area contributed by atoms with Crippen molar-refractivity contribution in [1.29, 1.82) is 0 Å². The van der Waals surface area contributed by atoms with Crippen molar-refractivity contribution in [2.75, 3.05) is 22.5 Å². The quantitative estimate of drug-likeness (QED) is 0.725. The maximum atomic E-state index is 12.0. The molecule has 0 aliphatic rings. The Labute approximate surface area is 142 Å². The van der Waals surface area contributed by atoms with Crippen LogP contribution >= 0.6 is 0 Å². The second kappa shape index (κ2) is 8.72. The Morgan fingerprint density at radius 3 is 2.12 bits per heavy atom. The predicted molar refractivity (Wildman–Crippen MR) is 98.3 cm³/mol. The Bertz CT molecular complexity index is 696. The van der Waals surface area contributed by atoms with Crippen molar-refractivity contribution in [3.05, 3.63) is 54.1 Å². The van der Waals surface area contributed by atoms with E-state index in [4.69, 9.17) is 0 Å². The average Bonchev–Trinajstić information content (AvgIpc) is 2.55. The summed E-state index contributed by atoms with van der Waals surface area (Å²) in [6.45, 7) is 4.15. The number of nitrogens with one attached hydrogen (secondary N) is 3. The minimum absolute atomic E-state index is 0.0259. The zero-order valence-corrected chi connectivity index (χ0v) is 14.1. The van der Waals surface area contributed by atoms with E-state index in [1.165, 1.54) is 5.56 Å². The average molecular weight is 325 g/mol. The van der Waals surface area contributed by atoms with Crippen LogP contribution in [0.3, 0.4) is 0 Å². The van der Waals surface area contributed by atoms with E-state index in [9.17, 15) is 9.59 Å². The molecular formula is C19H23N3O2. The van der Waals surface area contributed by atoms with E-state index < -0.39 is 0 Å². The summed E-state index contributed by atoms with van der Waals surface area (Å²) < 4.78 is 0. The molecule has 2 amide bonds. The molecule has 24 heavy (non-hydrogen) atoms. The second-order valence-electron chi connectivity index (χ2n) is 5.65. The summed E-state index contributed by atoms with van der Waals surface area (Å²) >= 11 is 0. The Morgan fingerprint density at radius 1 is 0.875 bits per heavy atom. The van der Waals surface area contributed by atoms with E-state index in [0.717, 1.165) is 12.1 Å². The van der Waals surface area contributed by atoms with Gasteiger partial charge in [-0.05, 0) is 43.7 Å². The largest absolute Gasteiger partial charge is 0.376 e. The minimum atomic E-state index is -0.146. The summed E-state index contributed by atoms with van der Waals surface area (Å²) in [5.74, 6) is -0.172. The zero-order chi connectivity index (χ0) is 17.4. The molecule has 0 bridgehead atoms. The molecule has 2 aromatic rings. The van der Waals surface area contributed by atoms with Crippen molar-refractivity contribution < 1.29 is 9.59 Å². The van der Waals surface area contributed by atoms with Gasteiger partial charge in [0.2, 0.25) is 11.8 Å². The number of aryl methyl sites for hydroxylation is 1. The maximum absolute atomic E-state index is 12.0. The maximum Gasteiger partial charge on any atom is 0.243 e. The molecule has 2 rings (SSSR count). The third-order valence-corrected chi connectivity index (χ3v) is 3.41. The molecule has 0 saturated heterocycles. The lowest BCUT2D eigenvalue weighted by Gasteiger charge is -2.10. The van der Waals surface area contributed by atoms with Crippen molar-refractivity contribution in [3.8, 4) is 0 Å². The number of hydrogen-bond donors (Lipinski definition) is 3. The Morgan fingerprint density at radius 2 is 1.50 bits per heavy atom. The normalized spacial score (nSPS) is 10.1.